The molecule has 0 saturated carbocycles. The van der Waals surface area contributed by atoms with Crippen LogP contribution >= 0.6 is 11.6 Å². The standard InChI is InChI=1S/C10H8ClFO/c11-7-9-4-3-8(2-1-5-13)6-10(9)12/h3-4,6,13H,5,7H2. The lowest BCUT2D eigenvalue weighted by atomic mass is 10.1. The van der Waals surface area contributed by atoms with Crippen LogP contribution in [0.3, 0.4) is 0 Å². The average molecular weight is 199 g/mol. The zero-order chi connectivity index (χ0) is 9.68. The van der Waals surface area contributed by atoms with E-state index in [2.05, 4.69) is 11.8 Å². The van der Waals surface area contributed by atoms with E-state index in [4.69, 9.17) is 16.7 Å². The van der Waals surface area contributed by atoms with Crippen LogP contribution in [0.2, 0.25) is 0 Å². The Hall–Kier alpha value is -1.04. The first-order chi connectivity index (χ1) is 6.27. The van der Waals surface area contributed by atoms with Gasteiger partial charge in [-0.15, -0.1) is 11.6 Å². The van der Waals surface area contributed by atoms with E-state index in [0.717, 1.165) is 0 Å². The van der Waals surface area contributed by atoms with Crippen LogP contribution in [0.15, 0.2) is 18.2 Å². The van der Waals surface area contributed by atoms with Crippen molar-refractivity contribution in [2.24, 2.45) is 0 Å². The highest BCUT2D eigenvalue weighted by Gasteiger charge is 1.99. The highest BCUT2D eigenvalue weighted by molar-refractivity contribution is 6.17. The van der Waals surface area contributed by atoms with Gasteiger partial charge in [0.05, 0.1) is 5.88 Å². The lowest BCUT2D eigenvalue weighted by molar-refractivity contribution is 0.350. The number of alkyl halides is 1. The molecule has 0 saturated heterocycles. The van der Waals surface area contributed by atoms with Crippen molar-refractivity contribution in [2.45, 2.75) is 5.88 Å². The van der Waals surface area contributed by atoms with Crippen molar-refractivity contribution < 1.29 is 9.50 Å². The summed E-state index contributed by atoms with van der Waals surface area (Å²) in [6, 6.07) is 4.56. The lowest BCUT2D eigenvalue weighted by Crippen LogP contribution is -1.87. The molecule has 1 rings (SSSR count). The van der Waals surface area contributed by atoms with Crippen molar-refractivity contribution in [3.8, 4) is 11.8 Å². The highest BCUT2D eigenvalue weighted by Crippen LogP contribution is 2.11. The fourth-order valence-electron chi connectivity index (χ4n) is 0.875. The van der Waals surface area contributed by atoms with Crippen LogP contribution in [0.5, 0.6) is 0 Å². The van der Waals surface area contributed by atoms with Gasteiger partial charge in [0, 0.05) is 11.1 Å². The molecule has 1 aromatic rings. The third-order valence-electron chi connectivity index (χ3n) is 1.51. The van der Waals surface area contributed by atoms with Crippen molar-refractivity contribution in [3.05, 3.63) is 35.1 Å². The summed E-state index contributed by atoms with van der Waals surface area (Å²) in [7, 11) is 0. The minimum Gasteiger partial charge on any atom is -0.384 e. The lowest BCUT2D eigenvalue weighted by Gasteiger charge is -1.97. The molecule has 1 aromatic carbocycles. The van der Waals surface area contributed by atoms with Crippen molar-refractivity contribution in [1.29, 1.82) is 0 Å². The van der Waals surface area contributed by atoms with E-state index in [1.54, 1.807) is 12.1 Å². The molecule has 0 atom stereocenters. The van der Waals surface area contributed by atoms with Crippen LogP contribution in [0.1, 0.15) is 11.1 Å². The Morgan fingerprint density at radius 3 is 2.77 bits per heavy atom. The Balaban J connectivity index is 2.96. The van der Waals surface area contributed by atoms with Gasteiger partial charge in [-0.3, -0.25) is 0 Å². The molecule has 0 aliphatic rings. The van der Waals surface area contributed by atoms with E-state index in [9.17, 15) is 4.39 Å². The molecule has 13 heavy (non-hydrogen) atoms. The SMILES string of the molecule is OCC#Cc1ccc(CCl)c(F)c1. The fourth-order valence-corrected chi connectivity index (χ4v) is 1.09. The molecule has 3 heteroatoms. The maximum atomic E-state index is 13.1. The number of hydrogen-bond donors (Lipinski definition) is 1. The molecule has 0 radical (unpaired) electrons. The molecule has 68 valence electrons. The number of rotatable bonds is 1. The van der Waals surface area contributed by atoms with Crippen LogP contribution < -0.4 is 0 Å². The van der Waals surface area contributed by atoms with Gasteiger partial charge in [-0.25, -0.2) is 4.39 Å². The Morgan fingerprint density at radius 2 is 2.23 bits per heavy atom. The molecule has 0 aliphatic carbocycles. The van der Waals surface area contributed by atoms with Crippen LogP contribution in [-0.4, -0.2) is 11.7 Å². The maximum absolute atomic E-state index is 13.1. The zero-order valence-corrected chi connectivity index (χ0v) is 7.61. The quantitative estimate of drug-likeness (QED) is 0.540. The predicted molar refractivity (Wildman–Crippen MR) is 49.9 cm³/mol. The molecule has 1 nitrogen and oxygen atoms in total. The second kappa shape index (κ2) is 4.86. The second-order valence-electron chi connectivity index (χ2n) is 2.40. The highest BCUT2D eigenvalue weighted by atomic mass is 35.5. The number of halogens is 2. The second-order valence-corrected chi connectivity index (χ2v) is 2.67. The van der Waals surface area contributed by atoms with Crippen LogP contribution in [0.4, 0.5) is 4.39 Å². The molecule has 0 unspecified atom stereocenters. The summed E-state index contributed by atoms with van der Waals surface area (Å²) in [6.45, 7) is -0.223. The van der Waals surface area contributed by atoms with E-state index >= 15 is 0 Å². The molecule has 0 fully saturated rings. The Labute approximate surface area is 81.2 Å². The van der Waals surface area contributed by atoms with Gasteiger partial charge >= 0.3 is 0 Å². The van der Waals surface area contributed by atoms with E-state index in [1.807, 2.05) is 0 Å². The van der Waals surface area contributed by atoms with Gasteiger partial charge < -0.3 is 5.11 Å². The third kappa shape index (κ3) is 2.73. The maximum Gasteiger partial charge on any atom is 0.128 e. The summed E-state index contributed by atoms with van der Waals surface area (Å²) in [5, 5.41) is 8.41. The normalized spacial score (nSPS) is 9.15. The van der Waals surface area contributed by atoms with Crippen LogP contribution in [0, 0.1) is 17.7 Å². The van der Waals surface area contributed by atoms with Gasteiger partial charge in [-0.05, 0) is 12.1 Å². The summed E-state index contributed by atoms with van der Waals surface area (Å²) in [6.07, 6.45) is 0. The molecule has 0 aromatic heterocycles. The van der Waals surface area contributed by atoms with Crippen molar-refractivity contribution in [2.75, 3.05) is 6.61 Å². The molecular weight excluding hydrogens is 191 g/mol. The van der Waals surface area contributed by atoms with Gasteiger partial charge in [-0.2, -0.15) is 0 Å². The largest absolute Gasteiger partial charge is 0.384 e. The van der Waals surface area contributed by atoms with E-state index in [1.165, 1.54) is 6.07 Å². The Kier molecular flexibility index (Phi) is 3.75. The fraction of sp³-hybridized carbons (Fsp3) is 0.200. The number of hydrogen-bond acceptors (Lipinski definition) is 1. The minimum atomic E-state index is -0.361. The van der Waals surface area contributed by atoms with Gasteiger partial charge in [-0.1, -0.05) is 17.9 Å². The molecule has 1 N–H and O–H groups in total. The van der Waals surface area contributed by atoms with E-state index in [0.29, 0.717) is 11.1 Å². The number of aliphatic hydroxyl groups excluding tert-OH is 1. The molecule has 0 aliphatic heterocycles. The van der Waals surface area contributed by atoms with Crippen molar-refractivity contribution >= 4 is 11.6 Å². The van der Waals surface area contributed by atoms with E-state index in [-0.39, 0.29) is 18.3 Å². The summed E-state index contributed by atoms with van der Waals surface area (Å²) in [5.41, 5.74) is 0.997. The third-order valence-corrected chi connectivity index (χ3v) is 1.80. The van der Waals surface area contributed by atoms with Gasteiger partial charge in [0.25, 0.3) is 0 Å². The van der Waals surface area contributed by atoms with Gasteiger partial charge in [0.2, 0.25) is 0 Å². The van der Waals surface area contributed by atoms with Crippen LogP contribution in [0.25, 0.3) is 0 Å². The summed E-state index contributed by atoms with van der Waals surface area (Å²) >= 11 is 5.47. The number of aliphatic hydroxyl groups is 1. The Bertz CT molecular complexity index is 352. The zero-order valence-electron chi connectivity index (χ0n) is 6.85. The first-order valence-corrected chi connectivity index (χ1v) is 4.25. The smallest absolute Gasteiger partial charge is 0.128 e. The first kappa shape index (κ1) is 10.0. The summed E-state index contributed by atoms with van der Waals surface area (Å²) < 4.78 is 13.1. The summed E-state index contributed by atoms with van der Waals surface area (Å²) in [4.78, 5) is 0. The molecular formula is C10H8ClFO. The monoisotopic (exact) mass is 198 g/mol. The topological polar surface area (TPSA) is 20.2 Å². The number of benzene rings is 1. The summed E-state index contributed by atoms with van der Waals surface area (Å²) in [5.74, 6) is 4.83. The Morgan fingerprint density at radius 1 is 1.46 bits per heavy atom. The van der Waals surface area contributed by atoms with E-state index < -0.39 is 0 Å². The minimum absolute atomic E-state index is 0.152. The molecule has 0 heterocycles. The van der Waals surface area contributed by atoms with Crippen LogP contribution in [-0.2, 0) is 5.88 Å². The molecule has 0 spiro atoms. The van der Waals surface area contributed by atoms with Crippen molar-refractivity contribution in [1.82, 2.24) is 0 Å². The van der Waals surface area contributed by atoms with Gasteiger partial charge in [0.1, 0.15) is 12.4 Å². The predicted octanol–water partition coefficient (Wildman–Crippen LogP) is 1.91. The van der Waals surface area contributed by atoms with Crippen molar-refractivity contribution in [3.63, 3.8) is 0 Å². The van der Waals surface area contributed by atoms with Gasteiger partial charge in [0.15, 0.2) is 0 Å². The average Bonchev–Trinajstić information content (AvgIpc) is 2.15. The first-order valence-electron chi connectivity index (χ1n) is 3.72. The molecule has 0 amide bonds. The molecule has 0 bridgehead atoms.